The summed E-state index contributed by atoms with van der Waals surface area (Å²) in [4.78, 5) is 1.24. The average Bonchev–Trinajstić information content (AvgIpc) is 3.22. The molecule has 0 radical (unpaired) electrons. The maximum Gasteiger partial charge on any atom is 0.234 e. The monoisotopic (exact) mass is 454 g/mol. The highest BCUT2D eigenvalue weighted by atomic mass is 32.3. The molecule has 1 aromatic heterocycles. The molecule has 0 aliphatic carbocycles. The van der Waals surface area contributed by atoms with Crippen LogP contribution in [0.15, 0.2) is 81.9 Å². The Kier molecular flexibility index (Phi) is 6.29. The number of hydrogen-bond donors (Lipinski definition) is 1. The van der Waals surface area contributed by atoms with Gasteiger partial charge in [0.2, 0.25) is 4.21 Å². The van der Waals surface area contributed by atoms with E-state index in [2.05, 4.69) is 48.2 Å². The van der Waals surface area contributed by atoms with Gasteiger partial charge in [-0.15, -0.1) is 16.5 Å². The first-order chi connectivity index (χ1) is 14.5. The van der Waals surface area contributed by atoms with E-state index in [0.717, 1.165) is 20.6 Å². The Hall–Kier alpha value is -2.12. The summed E-state index contributed by atoms with van der Waals surface area (Å²) >= 11 is 3.15. The summed E-state index contributed by atoms with van der Waals surface area (Å²) in [7, 11) is -2.38. The van der Waals surface area contributed by atoms with Crippen LogP contribution in [0.4, 0.5) is 0 Å². The van der Waals surface area contributed by atoms with Crippen molar-refractivity contribution in [2.24, 2.45) is 0 Å². The highest BCUT2D eigenvalue weighted by Gasteiger charge is 2.28. The smallest absolute Gasteiger partial charge is 0.234 e. The van der Waals surface area contributed by atoms with Gasteiger partial charge >= 0.3 is 0 Å². The lowest BCUT2D eigenvalue weighted by atomic mass is 10.1. The predicted octanol–water partition coefficient (Wildman–Crippen LogP) is 6.92. The largest absolute Gasteiger partial charge is 0.447 e. The first-order valence-corrected chi connectivity index (χ1v) is 13.6. The van der Waals surface area contributed by atoms with Gasteiger partial charge in [-0.05, 0) is 70.7 Å². The zero-order valence-corrected chi connectivity index (χ0v) is 19.6. The number of benzene rings is 3. The third-order valence-electron chi connectivity index (χ3n) is 4.94. The van der Waals surface area contributed by atoms with Crippen molar-refractivity contribution in [3.05, 3.63) is 83.9 Å². The fourth-order valence-electron chi connectivity index (χ4n) is 3.33. The number of hydrogen-bond acceptors (Lipinski definition) is 4. The molecular weight excluding hydrogens is 430 g/mol. The normalized spacial score (nSPS) is 13.3. The number of rotatable bonds is 7. The van der Waals surface area contributed by atoms with Crippen LogP contribution in [0.25, 0.3) is 10.8 Å². The summed E-state index contributed by atoms with van der Waals surface area (Å²) < 4.78 is 23.4. The van der Waals surface area contributed by atoms with Gasteiger partial charge in [0.1, 0.15) is 12.0 Å². The number of aryl methyl sites for hydroxylation is 1. The molecule has 1 heterocycles. The molecule has 4 aromatic rings. The SMILES string of the molecule is CSc1ccc(Oc2ccc([S+](C)(=O)NCc3cccc4ccccc34)s2)cc1C. The molecule has 1 unspecified atom stereocenters. The van der Waals surface area contributed by atoms with Gasteiger partial charge in [-0.3, -0.25) is 0 Å². The highest BCUT2D eigenvalue weighted by molar-refractivity contribution is 8.02. The summed E-state index contributed by atoms with van der Waals surface area (Å²) in [6.07, 6.45) is 3.82. The number of fused-ring (bicyclic) bond motifs is 1. The van der Waals surface area contributed by atoms with Gasteiger partial charge in [-0.1, -0.05) is 46.7 Å². The Balaban J connectivity index is 1.48. The molecule has 154 valence electrons. The van der Waals surface area contributed by atoms with Crippen LogP contribution in [0.1, 0.15) is 11.1 Å². The van der Waals surface area contributed by atoms with Gasteiger partial charge in [0, 0.05) is 11.0 Å². The molecular formula is C24H24NO2S3+. The van der Waals surface area contributed by atoms with E-state index in [-0.39, 0.29) is 0 Å². The summed E-state index contributed by atoms with van der Waals surface area (Å²) in [6.45, 7) is 2.62. The molecule has 0 saturated carbocycles. The third kappa shape index (κ3) is 4.62. The van der Waals surface area contributed by atoms with E-state index >= 15 is 0 Å². The molecule has 0 fully saturated rings. The van der Waals surface area contributed by atoms with Crippen LogP contribution >= 0.6 is 23.1 Å². The predicted molar refractivity (Wildman–Crippen MR) is 130 cm³/mol. The molecule has 0 aliphatic rings. The molecule has 1 N–H and O–H groups in total. The van der Waals surface area contributed by atoms with Crippen molar-refractivity contribution in [3.8, 4) is 10.8 Å². The van der Waals surface area contributed by atoms with E-state index in [9.17, 15) is 4.21 Å². The second kappa shape index (κ2) is 8.94. The molecule has 0 spiro atoms. The zero-order valence-electron chi connectivity index (χ0n) is 17.2. The van der Waals surface area contributed by atoms with Gasteiger partial charge in [-0.25, -0.2) is 0 Å². The van der Waals surface area contributed by atoms with E-state index in [1.54, 1.807) is 18.0 Å². The molecule has 3 nitrogen and oxygen atoms in total. The average molecular weight is 455 g/mol. The Morgan fingerprint density at radius 1 is 1.03 bits per heavy atom. The summed E-state index contributed by atoms with van der Waals surface area (Å²) in [6, 6.07) is 24.3. The molecule has 1 atom stereocenters. The molecule has 0 saturated heterocycles. The molecule has 6 heteroatoms. The fraction of sp³-hybridized carbons (Fsp3) is 0.167. The first-order valence-electron chi connectivity index (χ1n) is 9.59. The van der Waals surface area contributed by atoms with Crippen molar-refractivity contribution in [1.29, 1.82) is 0 Å². The fourth-order valence-corrected chi connectivity index (χ4v) is 6.48. The van der Waals surface area contributed by atoms with Crippen molar-refractivity contribution < 1.29 is 8.95 Å². The number of thiophene rings is 1. The Morgan fingerprint density at radius 3 is 2.63 bits per heavy atom. The van der Waals surface area contributed by atoms with Crippen LogP contribution in [0.5, 0.6) is 10.8 Å². The Bertz CT molecular complexity index is 1230. The van der Waals surface area contributed by atoms with Crippen LogP contribution in [-0.4, -0.2) is 12.5 Å². The molecule has 0 bridgehead atoms. The number of nitrogens with one attached hydrogen (secondary N) is 1. The number of thioether (sulfide) groups is 1. The van der Waals surface area contributed by atoms with E-state index in [4.69, 9.17) is 4.74 Å². The van der Waals surface area contributed by atoms with Crippen LogP contribution in [0, 0.1) is 6.92 Å². The van der Waals surface area contributed by atoms with Crippen molar-refractivity contribution in [2.75, 3.05) is 12.5 Å². The quantitative estimate of drug-likeness (QED) is 0.243. The number of ether oxygens (including phenoxy) is 1. The molecule has 0 amide bonds. The maximum atomic E-state index is 13.3. The second-order valence-corrected chi connectivity index (χ2v) is 11.7. The van der Waals surface area contributed by atoms with Crippen LogP contribution in [-0.2, 0) is 20.9 Å². The third-order valence-corrected chi connectivity index (χ3v) is 9.40. The lowest BCUT2D eigenvalue weighted by molar-refractivity contribution is 0.495. The van der Waals surface area contributed by atoms with Gasteiger partial charge in [0.15, 0.2) is 15.2 Å². The van der Waals surface area contributed by atoms with Gasteiger partial charge in [0.05, 0.1) is 6.54 Å². The minimum Gasteiger partial charge on any atom is -0.447 e. The van der Waals surface area contributed by atoms with Gasteiger partial charge < -0.3 is 4.74 Å². The van der Waals surface area contributed by atoms with Gasteiger partial charge in [0.25, 0.3) is 0 Å². The van der Waals surface area contributed by atoms with Gasteiger partial charge in [-0.2, -0.15) is 0 Å². The van der Waals surface area contributed by atoms with E-state index in [0.29, 0.717) is 6.54 Å². The summed E-state index contributed by atoms with van der Waals surface area (Å²) in [5, 5.41) is 3.11. The molecule has 3 aromatic carbocycles. The minimum absolute atomic E-state index is 0.542. The van der Waals surface area contributed by atoms with E-state index < -0.39 is 10.1 Å². The zero-order chi connectivity index (χ0) is 21.1. The van der Waals surface area contributed by atoms with Crippen LogP contribution in [0.2, 0.25) is 0 Å². The Morgan fingerprint density at radius 2 is 1.83 bits per heavy atom. The van der Waals surface area contributed by atoms with Crippen LogP contribution < -0.4 is 9.46 Å². The first kappa shape index (κ1) is 21.1. The Labute approximate surface area is 187 Å². The van der Waals surface area contributed by atoms with E-state index in [1.807, 2.05) is 42.5 Å². The standard InChI is InChI=1S/C24H24NO2S3/c1-17-15-20(11-12-22(17)28-2)27-23-13-14-24(29-23)30(3,26)25-16-19-9-6-8-18-7-4-5-10-21(18)19/h4-15H,16H2,1-3H3,(H,25,26)/q+1. The molecule has 4 rings (SSSR count). The highest BCUT2D eigenvalue weighted by Crippen LogP contribution is 2.35. The minimum atomic E-state index is -2.38. The summed E-state index contributed by atoms with van der Waals surface area (Å²) in [5.41, 5.74) is 2.33. The van der Waals surface area contributed by atoms with Crippen LogP contribution in [0.3, 0.4) is 0 Å². The van der Waals surface area contributed by atoms with Crippen molar-refractivity contribution in [3.63, 3.8) is 0 Å². The second-order valence-electron chi connectivity index (χ2n) is 7.11. The topological polar surface area (TPSA) is 38.3 Å². The maximum absolute atomic E-state index is 13.3. The molecule has 0 aliphatic heterocycles. The molecule has 30 heavy (non-hydrogen) atoms. The summed E-state index contributed by atoms with van der Waals surface area (Å²) in [5.74, 6) is 0.796. The lowest BCUT2D eigenvalue weighted by Gasteiger charge is -2.09. The van der Waals surface area contributed by atoms with Crippen molar-refractivity contribution in [1.82, 2.24) is 4.72 Å². The van der Waals surface area contributed by atoms with Crippen molar-refractivity contribution >= 4 is 44.0 Å². The van der Waals surface area contributed by atoms with E-state index in [1.165, 1.54) is 32.6 Å². The lowest BCUT2D eigenvalue weighted by Crippen LogP contribution is -2.28. The van der Waals surface area contributed by atoms with Crippen molar-refractivity contribution in [2.45, 2.75) is 22.6 Å².